The zero-order valence-corrected chi connectivity index (χ0v) is 18.0. The Kier molecular flexibility index (Phi) is 10.5. The smallest absolute Gasteiger partial charge is 0.410 e. The molecule has 162 valence electrons. The average Bonchev–Trinajstić information content (AvgIpc) is 2.61. The van der Waals surface area contributed by atoms with E-state index in [9.17, 15) is 19.5 Å². The Bertz CT molecular complexity index is 515. The van der Waals surface area contributed by atoms with Gasteiger partial charge in [-0.15, -0.1) is 0 Å². The molecule has 1 amide bonds. The molecule has 1 rings (SSSR count). The van der Waals surface area contributed by atoms with Crippen molar-refractivity contribution in [1.29, 1.82) is 0 Å². The van der Waals surface area contributed by atoms with Gasteiger partial charge in [0.25, 0.3) is 0 Å². The largest absolute Gasteiger partial charge is 0.481 e. The van der Waals surface area contributed by atoms with Crippen molar-refractivity contribution in [2.24, 2.45) is 5.92 Å². The molecule has 0 radical (unpaired) electrons. The minimum absolute atomic E-state index is 0.172. The van der Waals surface area contributed by atoms with E-state index >= 15 is 0 Å². The van der Waals surface area contributed by atoms with E-state index in [-0.39, 0.29) is 12.2 Å². The molecular weight excluding hydrogens is 360 g/mol. The first-order valence-electron chi connectivity index (χ1n) is 10.6. The molecule has 0 aromatic carbocycles. The summed E-state index contributed by atoms with van der Waals surface area (Å²) in [6.07, 6.45) is 6.35. The van der Waals surface area contributed by atoms with Crippen molar-refractivity contribution < 1.29 is 24.2 Å². The number of carbonyl (C=O) groups excluding carboxylic acids is 2. The van der Waals surface area contributed by atoms with Crippen LogP contribution in [0.2, 0.25) is 0 Å². The summed E-state index contributed by atoms with van der Waals surface area (Å²) in [5.74, 6) is -1.72. The molecule has 7 nitrogen and oxygen atoms in total. The number of carbonyl (C=O) groups is 3. The summed E-state index contributed by atoms with van der Waals surface area (Å²) >= 11 is 0. The lowest BCUT2D eigenvalue weighted by Crippen LogP contribution is -2.59. The summed E-state index contributed by atoms with van der Waals surface area (Å²) in [7, 11) is 0. The number of nitrogens with zero attached hydrogens (tertiary/aromatic N) is 1. The van der Waals surface area contributed by atoms with E-state index in [1.807, 2.05) is 0 Å². The molecule has 0 unspecified atom stereocenters. The second-order valence-corrected chi connectivity index (χ2v) is 8.65. The summed E-state index contributed by atoms with van der Waals surface area (Å²) in [5.41, 5.74) is -0.644. The van der Waals surface area contributed by atoms with Gasteiger partial charge in [0.15, 0.2) is 5.78 Å². The summed E-state index contributed by atoms with van der Waals surface area (Å²) in [5, 5.41) is 12.4. The van der Waals surface area contributed by atoms with Crippen LogP contribution in [0.5, 0.6) is 0 Å². The molecule has 2 N–H and O–H groups in total. The Morgan fingerprint density at radius 1 is 1.14 bits per heavy atom. The van der Waals surface area contributed by atoms with Gasteiger partial charge in [0.2, 0.25) is 0 Å². The van der Waals surface area contributed by atoms with E-state index in [0.717, 1.165) is 19.3 Å². The van der Waals surface area contributed by atoms with Crippen LogP contribution in [0.4, 0.5) is 4.79 Å². The first-order chi connectivity index (χ1) is 13.2. The highest BCUT2D eigenvalue weighted by Crippen LogP contribution is 2.22. The molecule has 0 bridgehead atoms. The average molecular weight is 399 g/mol. The second-order valence-electron chi connectivity index (χ2n) is 8.65. The number of hydrogen-bond donors (Lipinski definition) is 2. The van der Waals surface area contributed by atoms with E-state index in [1.165, 1.54) is 24.2 Å². The fourth-order valence-corrected chi connectivity index (χ4v) is 3.50. The zero-order chi connectivity index (χ0) is 21.2. The normalized spacial score (nSPS) is 18.6. The van der Waals surface area contributed by atoms with E-state index in [1.54, 1.807) is 20.8 Å². The van der Waals surface area contributed by atoms with Gasteiger partial charge in [0.05, 0.1) is 6.42 Å². The summed E-state index contributed by atoms with van der Waals surface area (Å²) in [6.45, 7) is 8.83. The van der Waals surface area contributed by atoms with Crippen molar-refractivity contribution in [3.63, 3.8) is 0 Å². The SMILES string of the molecule is CCCCCCCC[C@H](CC(=O)O)C(=O)[C@@H]1CNCCN1C(=O)OC(C)(C)C. The molecule has 0 aromatic rings. The quantitative estimate of drug-likeness (QED) is 0.516. The standard InChI is InChI=1S/C21H38N2O5/c1-5-6-7-8-9-10-11-16(14-18(24)25)19(26)17-15-22-12-13-23(17)20(27)28-21(2,3)4/h16-17,22H,5-15H2,1-4H3,(H,24,25)/t16-,17+/m1/s1. The van der Waals surface area contributed by atoms with Gasteiger partial charge >= 0.3 is 12.1 Å². The molecular formula is C21H38N2O5. The monoisotopic (exact) mass is 398 g/mol. The van der Waals surface area contributed by atoms with Crippen molar-refractivity contribution in [2.75, 3.05) is 19.6 Å². The Balaban J connectivity index is 2.74. The fourth-order valence-electron chi connectivity index (χ4n) is 3.50. The minimum atomic E-state index is -0.975. The van der Waals surface area contributed by atoms with Crippen LogP contribution in [0.3, 0.4) is 0 Å². The predicted molar refractivity (Wildman–Crippen MR) is 108 cm³/mol. The highest BCUT2D eigenvalue weighted by molar-refractivity contribution is 5.91. The minimum Gasteiger partial charge on any atom is -0.481 e. The molecule has 1 fully saturated rings. The van der Waals surface area contributed by atoms with E-state index in [4.69, 9.17) is 4.74 Å². The number of carboxylic acids is 1. The third-order valence-electron chi connectivity index (χ3n) is 4.93. The summed E-state index contributed by atoms with van der Waals surface area (Å²) in [6, 6.07) is -0.673. The van der Waals surface area contributed by atoms with Crippen LogP contribution in [0.15, 0.2) is 0 Å². The summed E-state index contributed by atoms with van der Waals surface area (Å²) < 4.78 is 5.45. The van der Waals surface area contributed by atoms with Crippen molar-refractivity contribution in [3.05, 3.63) is 0 Å². The molecule has 1 aliphatic heterocycles. The van der Waals surface area contributed by atoms with Crippen LogP contribution < -0.4 is 5.32 Å². The van der Waals surface area contributed by atoms with E-state index in [2.05, 4.69) is 12.2 Å². The van der Waals surface area contributed by atoms with Gasteiger partial charge in [-0.1, -0.05) is 45.4 Å². The maximum atomic E-state index is 13.1. The lowest BCUT2D eigenvalue weighted by Gasteiger charge is -2.37. The molecule has 2 atom stereocenters. The number of nitrogens with one attached hydrogen (secondary N) is 1. The number of hydrogen-bond acceptors (Lipinski definition) is 5. The van der Waals surface area contributed by atoms with Crippen molar-refractivity contribution in [3.8, 4) is 0 Å². The molecule has 1 heterocycles. The highest BCUT2D eigenvalue weighted by atomic mass is 16.6. The number of rotatable bonds is 11. The van der Waals surface area contributed by atoms with Crippen LogP contribution in [0.25, 0.3) is 0 Å². The lowest BCUT2D eigenvalue weighted by atomic mass is 9.88. The topological polar surface area (TPSA) is 95.9 Å². The van der Waals surface area contributed by atoms with Crippen LogP contribution >= 0.6 is 0 Å². The number of ether oxygens (including phenoxy) is 1. The van der Waals surface area contributed by atoms with Gasteiger partial charge in [-0.3, -0.25) is 14.5 Å². The Morgan fingerprint density at radius 2 is 1.79 bits per heavy atom. The van der Waals surface area contributed by atoms with Gasteiger partial charge in [-0.2, -0.15) is 0 Å². The van der Waals surface area contributed by atoms with Crippen molar-refractivity contribution in [1.82, 2.24) is 10.2 Å². The predicted octanol–water partition coefficient (Wildman–Crippen LogP) is 3.61. The number of amides is 1. The van der Waals surface area contributed by atoms with Crippen LogP contribution in [-0.4, -0.2) is 59.1 Å². The van der Waals surface area contributed by atoms with Gasteiger partial charge in [0.1, 0.15) is 11.6 Å². The molecule has 0 aliphatic carbocycles. The fraction of sp³-hybridized carbons (Fsp3) is 0.857. The molecule has 0 aromatic heterocycles. The van der Waals surface area contributed by atoms with Gasteiger partial charge in [-0.05, 0) is 27.2 Å². The number of carboxylic acid groups (broad SMARTS) is 1. The molecule has 7 heteroatoms. The second kappa shape index (κ2) is 12.0. The molecule has 1 saturated heterocycles. The maximum Gasteiger partial charge on any atom is 0.410 e. The maximum absolute atomic E-state index is 13.1. The number of unbranched alkanes of at least 4 members (excludes halogenated alkanes) is 5. The Labute approximate surface area is 169 Å². The zero-order valence-electron chi connectivity index (χ0n) is 18.0. The number of Topliss-reactive ketones (excluding diaryl/α,β-unsaturated/α-hetero) is 1. The van der Waals surface area contributed by atoms with E-state index in [0.29, 0.717) is 26.1 Å². The van der Waals surface area contributed by atoms with Crippen molar-refractivity contribution in [2.45, 2.75) is 90.7 Å². The number of piperazine rings is 1. The van der Waals surface area contributed by atoms with Crippen LogP contribution in [0.1, 0.15) is 79.1 Å². The third kappa shape index (κ3) is 9.04. The Hall–Kier alpha value is -1.63. The van der Waals surface area contributed by atoms with Gasteiger partial charge < -0.3 is 15.2 Å². The van der Waals surface area contributed by atoms with E-state index < -0.39 is 29.6 Å². The van der Waals surface area contributed by atoms with Crippen LogP contribution in [0, 0.1) is 5.92 Å². The Morgan fingerprint density at radius 3 is 2.39 bits per heavy atom. The lowest BCUT2D eigenvalue weighted by molar-refractivity contribution is -0.142. The molecule has 0 spiro atoms. The highest BCUT2D eigenvalue weighted by Gasteiger charge is 2.38. The number of aliphatic carboxylic acids is 1. The molecule has 0 saturated carbocycles. The van der Waals surface area contributed by atoms with Crippen molar-refractivity contribution >= 4 is 17.8 Å². The first-order valence-corrected chi connectivity index (χ1v) is 10.6. The molecule has 28 heavy (non-hydrogen) atoms. The van der Waals surface area contributed by atoms with Gasteiger partial charge in [-0.25, -0.2) is 4.79 Å². The third-order valence-corrected chi connectivity index (χ3v) is 4.93. The first kappa shape index (κ1) is 24.4. The molecule has 1 aliphatic rings. The van der Waals surface area contributed by atoms with Gasteiger partial charge in [0, 0.05) is 25.6 Å². The summed E-state index contributed by atoms with van der Waals surface area (Å²) in [4.78, 5) is 38.4. The number of ketones is 1. The van der Waals surface area contributed by atoms with Crippen LogP contribution in [-0.2, 0) is 14.3 Å².